The van der Waals surface area contributed by atoms with Crippen LogP contribution in [0, 0.1) is 11.6 Å². The van der Waals surface area contributed by atoms with E-state index in [-0.39, 0.29) is 11.6 Å². The summed E-state index contributed by atoms with van der Waals surface area (Å²) in [4.78, 5) is 0. The average Bonchev–Trinajstić information content (AvgIpc) is 2.79. The zero-order valence-corrected chi connectivity index (χ0v) is 17.9. The van der Waals surface area contributed by atoms with E-state index in [1.54, 1.807) is 6.07 Å². The van der Waals surface area contributed by atoms with E-state index in [2.05, 4.69) is 13.0 Å². The van der Waals surface area contributed by atoms with Crippen molar-refractivity contribution in [1.82, 2.24) is 0 Å². The Morgan fingerprint density at radius 2 is 1.48 bits per heavy atom. The van der Waals surface area contributed by atoms with Crippen molar-refractivity contribution in [3.63, 3.8) is 0 Å². The summed E-state index contributed by atoms with van der Waals surface area (Å²) in [5, 5.41) is 1.57. The largest absolute Gasteiger partial charge is 0.494 e. The first-order valence-electron chi connectivity index (χ1n) is 10.8. The van der Waals surface area contributed by atoms with Crippen molar-refractivity contribution in [3.8, 4) is 28.0 Å². The zero-order valence-electron chi connectivity index (χ0n) is 17.9. The van der Waals surface area contributed by atoms with Gasteiger partial charge in [0, 0.05) is 10.9 Å². The second-order valence-corrected chi connectivity index (χ2v) is 7.87. The van der Waals surface area contributed by atoms with E-state index in [0.717, 1.165) is 34.9 Å². The van der Waals surface area contributed by atoms with E-state index >= 15 is 4.39 Å². The van der Waals surface area contributed by atoms with Crippen LogP contribution in [0.3, 0.4) is 0 Å². The molecule has 0 spiro atoms. The third-order valence-corrected chi connectivity index (χ3v) is 5.77. The fourth-order valence-electron chi connectivity index (χ4n) is 3.99. The maximum Gasteiger partial charge on any atom is 0.165 e. The van der Waals surface area contributed by atoms with Crippen LogP contribution in [-0.2, 0) is 6.42 Å². The predicted molar refractivity (Wildman–Crippen MR) is 125 cm³/mol. The Balaban J connectivity index is 1.61. The van der Waals surface area contributed by atoms with Crippen molar-refractivity contribution >= 4 is 10.8 Å². The third-order valence-electron chi connectivity index (χ3n) is 5.77. The number of hydrogen-bond donors (Lipinski definition) is 0. The van der Waals surface area contributed by atoms with Gasteiger partial charge in [0.15, 0.2) is 11.6 Å². The summed E-state index contributed by atoms with van der Waals surface area (Å²) in [6, 6.07) is 22.2. The maximum absolute atomic E-state index is 15.3. The third kappa shape index (κ3) is 4.46. The summed E-state index contributed by atoms with van der Waals surface area (Å²) in [6.07, 6.45) is 4.59. The van der Waals surface area contributed by atoms with Crippen LogP contribution in [0.4, 0.5) is 8.78 Å². The highest BCUT2D eigenvalue weighted by molar-refractivity contribution is 5.89. The molecule has 0 radical (unpaired) electrons. The van der Waals surface area contributed by atoms with Crippen molar-refractivity contribution in [3.05, 3.63) is 90.0 Å². The summed E-state index contributed by atoms with van der Waals surface area (Å²) in [7, 11) is 1.44. The minimum Gasteiger partial charge on any atom is -0.494 e. The van der Waals surface area contributed by atoms with Crippen LogP contribution in [0.2, 0.25) is 0 Å². The lowest BCUT2D eigenvalue weighted by molar-refractivity contribution is 0.386. The molecule has 31 heavy (non-hydrogen) atoms. The molecule has 0 fully saturated rings. The Morgan fingerprint density at radius 1 is 0.742 bits per heavy atom. The highest BCUT2D eigenvalue weighted by Gasteiger charge is 2.11. The number of fused-ring (bicyclic) bond motifs is 1. The van der Waals surface area contributed by atoms with Crippen LogP contribution >= 0.6 is 0 Å². The quantitative estimate of drug-likeness (QED) is 0.276. The first-order valence-corrected chi connectivity index (χ1v) is 10.8. The molecule has 4 aromatic rings. The lowest BCUT2D eigenvalue weighted by Crippen LogP contribution is -1.91. The number of rotatable bonds is 7. The van der Waals surface area contributed by atoms with Gasteiger partial charge >= 0.3 is 0 Å². The van der Waals surface area contributed by atoms with E-state index in [1.165, 1.54) is 31.6 Å². The fourth-order valence-corrected chi connectivity index (χ4v) is 3.99. The Hall–Kier alpha value is -3.20. The minimum absolute atomic E-state index is 0.208. The molecule has 0 saturated heterocycles. The second-order valence-electron chi connectivity index (χ2n) is 7.87. The minimum atomic E-state index is -0.404. The lowest BCUT2D eigenvalue weighted by atomic mass is 9.96. The SMILES string of the molecule is CCCCCc1ccc2c(F)c(-c3ccc(-c4ccc(OC)c(F)c4)cc3)ccc2c1. The van der Waals surface area contributed by atoms with Gasteiger partial charge in [-0.1, -0.05) is 80.4 Å². The molecule has 0 saturated carbocycles. The molecule has 0 aromatic heterocycles. The molecule has 3 heteroatoms. The van der Waals surface area contributed by atoms with Gasteiger partial charge in [0.1, 0.15) is 5.82 Å². The molecule has 0 N–H and O–H groups in total. The Labute approximate surface area is 182 Å². The number of benzene rings is 4. The predicted octanol–water partition coefficient (Wildman–Crippen LogP) is 8.19. The number of ether oxygens (including phenoxy) is 1. The van der Waals surface area contributed by atoms with Crippen molar-refractivity contribution in [2.75, 3.05) is 7.11 Å². The normalized spacial score (nSPS) is 11.1. The molecular formula is C28H26F2O. The van der Waals surface area contributed by atoms with Crippen molar-refractivity contribution in [1.29, 1.82) is 0 Å². The summed E-state index contributed by atoms with van der Waals surface area (Å²) in [5.41, 5.74) is 4.23. The topological polar surface area (TPSA) is 9.23 Å². The molecule has 4 aromatic carbocycles. The van der Waals surface area contributed by atoms with Crippen LogP contribution in [0.15, 0.2) is 72.8 Å². The van der Waals surface area contributed by atoms with Gasteiger partial charge in [-0.2, -0.15) is 0 Å². The number of aryl methyl sites for hydroxylation is 1. The van der Waals surface area contributed by atoms with Gasteiger partial charge in [0.05, 0.1) is 7.11 Å². The highest BCUT2D eigenvalue weighted by Crippen LogP contribution is 2.32. The summed E-state index contributed by atoms with van der Waals surface area (Å²) in [6.45, 7) is 2.19. The Bertz CT molecular complexity index is 1200. The highest BCUT2D eigenvalue weighted by atomic mass is 19.1. The van der Waals surface area contributed by atoms with E-state index in [9.17, 15) is 4.39 Å². The van der Waals surface area contributed by atoms with Crippen LogP contribution in [0.5, 0.6) is 5.75 Å². The monoisotopic (exact) mass is 416 g/mol. The standard InChI is InChI=1S/C28H26F2O/c1-3-4-5-6-19-7-14-25-23(17-19)12-15-24(28(25)30)21-10-8-20(9-11-21)22-13-16-27(31-2)26(29)18-22/h7-18H,3-6H2,1-2H3. The van der Waals surface area contributed by atoms with Crippen molar-refractivity contribution < 1.29 is 13.5 Å². The Kier molecular flexibility index (Phi) is 6.31. The molecule has 1 nitrogen and oxygen atoms in total. The van der Waals surface area contributed by atoms with Crippen LogP contribution < -0.4 is 4.74 Å². The van der Waals surface area contributed by atoms with Gasteiger partial charge in [0.25, 0.3) is 0 Å². The second kappa shape index (κ2) is 9.30. The van der Waals surface area contributed by atoms with Gasteiger partial charge < -0.3 is 4.74 Å². The molecule has 4 rings (SSSR count). The van der Waals surface area contributed by atoms with Gasteiger partial charge in [0.2, 0.25) is 0 Å². The molecule has 0 heterocycles. The fraction of sp³-hybridized carbons (Fsp3) is 0.214. The molecular weight excluding hydrogens is 390 g/mol. The molecule has 0 aliphatic rings. The van der Waals surface area contributed by atoms with Gasteiger partial charge in [-0.05, 0) is 52.6 Å². The van der Waals surface area contributed by atoms with Crippen molar-refractivity contribution in [2.45, 2.75) is 32.6 Å². The molecule has 0 bridgehead atoms. The molecule has 158 valence electrons. The first-order chi connectivity index (χ1) is 15.1. The lowest BCUT2D eigenvalue weighted by Gasteiger charge is -2.10. The Morgan fingerprint density at radius 3 is 2.19 bits per heavy atom. The number of methoxy groups -OCH3 is 1. The van der Waals surface area contributed by atoms with Crippen molar-refractivity contribution in [2.24, 2.45) is 0 Å². The smallest absolute Gasteiger partial charge is 0.165 e. The summed E-state index contributed by atoms with van der Waals surface area (Å²) >= 11 is 0. The molecule has 0 aliphatic heterocycles. The summed E-state index contributed by atoms with van der Waals surface area (Å²) < 4.78 is 34.3. The summed E-state index contributed by atoms with van der Waals surface area (Å²) in [5.74, 6) is -0.397. The van der Waals surface area contributed by atoms with E-state index in [1.807, 2.05) is 54.6 Å². The first kappa shape index (κ1) is 21.0. The number of hydrogen-bond acceptors (Lipinski definition) is 1. The van der Waals surface area contributed by atoms with Crippen LogP contribution in [0.25, 0.3) is 33.0 Å². The molecule has 0 unspecified atom stereocenters. The number of halogens is 2. The number of unbranched alkanes of at least 4 members (excludes halogenated alkanes) is 2. The maximum atomic E-state index is 15.3. The zero-order chi connectivity index (χ0) is 21.8. The molecule has 0 amide bonds. The van der Waals surface area contributed by atoms with E-state index in [0.29, 0.717) is 10.9 Å². The van der Waals surface area contributed by atoms with Gasteiger partial charge in [-0.25, -0.2) is 8.78 Å². The van der Waals surface area contributed by atoms with Gasteiger partial charge in [-0.15, -0.1) is 0 Å². The van der Waals surface area contributed by atoms with Gasteiger partial charge in [-0.3, -0.25) is 0 Å². The van der Waals surface area contributed by atoms with Crippen LogP contribution in [0.1, 0.15) is 31.7 Å². The van der Waals surface area contributed by atoms with Crippen LogP contribution in [-0.4, -0.2) is 7.11 Å². The van der Waals surface area contributed by atoms with E-state index < -0.39 is 5.82 Å². The average molecular weight is 417 g/mol. The molecule has 0 atom stereocenters. The van der Waals surface area contributed by atoms with E-state index in [4.69, 9.17) is 4.74 Å². The molecule has 0 aliphatic carbocycles.